The zero-order valence-corrected chi connectivity index (χ0v) is 10.1. The SMILES string of the molecule is COc1c(C)cccc1-c1cnn(C2CC2)n1. The van der Waals surface area contributed by atoms with Crippen LogP contribution in [-0.2, 0) is 0 Å². The number of nitrogens with zero attached hydrogens (tertiary/aromatic N) is 3. The van der Waals surface area contributed by atoms with Gasteiger partial charge in [-0.3, -0.25) is 0 Å². The van der Waals surface area contributed by atoms with Crippen molar-refractivity contribution in [1.29, 1.82) is 0 Å². The van der Waals surface area contributed by atoms with Crippen molar-refractivity contribution in [2.75, 3.05) is 7.11 Å². The Hall–Kier alpha value is -1.84. The molecular formula is C13H15N3O. The Balaban J connectivity index is 2.04. The van der Waals surface area contributed by atoms with E-state index in [-0.39, 0.29) is 0 Å². The van der Waals surface area contributed by atoms with Crippen LogP contribution in [0.15, 0.2) is 24.4 Å². The van der Waals surface area contributed by atoms with Crippen molar-refractivity contribution >= 4 is 0 Å². The predicted molar refractivity (Wildman–Crippen MR) is 65.0 cm³/mol. The van der Waals surface area contributed by atoms with Gasteiger partial charge in [-0.1, -0.05) is 12.1 Å². The monoisotopic (exact) mass is 229 g/mol. The highest BCUT2D eigenvalue weighted by Gasteiger charge is 2.26. The lowest BCUT2D eigenvalue weighted by Crippen LogP contribution is -1.98. The second kappa shape index (κ2) is 3.87. The fourth-order valence-electron chi connectivity index (χ4n) is 2.01. The molecule has 0 N–H and O–H groups in total. The molecule has 0 amide bonds. The zero-order valence-electron chi connectivity index (χ0n) is 10.1. The number of para-hydroxylation sites is 1. The first kappa shape index (κ1) is 10.3. The summed E-state index contributed by atoms with van der Waals surface area (Å²) in [7, 11) is 1.69. The van der Waals surface area contributed by atoms with E-state index in [9.17, 15) is 0 Å². The molecule has 1 aliphatic rings. The van der Waals surface area contributed by atoms with Gasteiger partial charge in [0.2, 0.25) is 0 Å². The molecule has 2 aromatic rings. The Morgan fingerprint density at radius 3 is 2.88 bits per heavy atom. The van der Waals surface area contributed by atoms with Crippen LogP contribution in [0.5, 0.6) is 5.75 Å². The predicted octanol–water partition coefficient (Wildman–Crippen LogP) is 2.60. The highest BCUT2D eigenvalue weighted by molar-refractivity contribution is 5.68. The van der Waals surface area contributed by atoms with E-state index in [0.29, 0.717) is 6.04 Å². The lowest BCUT2D eigenvalue weighted by atomic mass is 10.1. The number of hydrogen-bond acceptors (Lipinski definition) is 3. The highest BCUT2D eigenvalue weighted by atomic mass is 16.5. The van der Waals surface area contributed by atoms with Crippen molar-refractivity contribution in [3.8, 4) is 17.0 Å². The van der Waals surface area contributed by atoms with Crippen molar-refractivity contribution in [1.82, 2.24) is 15.0 Å². The van der Waals surface area contributed by atoms with Gasteiger partial charge in [0.1, 0.15) is 11.4 Å². The van der Waals surface area contributed by atoms with Crippen LogP contribution < -0.4 is 4.74 Å². The van der Waals surface area contributed by atoms with Gasteiger partial charge < -0.3 is 4.74 Å². The maximum absolute atomic E-state index is 5.44. The molecule has 0 saturated heterocycles. The van der Waals surface area contributed by atoms with Gasteiger partial charge in [0.25, 0.3) is 0 Å². The molecule has 0 bridgehead atoms. The van der Waals surface area contributed by atoms with Crippen LogP contribution in [0.2, 0.25) is 0 Å². The third-order valence-corrected chi connectivity index (χ3v) is 3.07. The third-order valence-electron chi connectivity index (χ3n) is 3.07. The van der Waals surface area contributed by atoms with Crippen LogP contribution in [-0.4, -0.2) is 22.1 Å². The maximum Gasteiger partial charge on any atom is 0.131 e. The van der Waals surface area contributed by atoms with Crippen LogP contribution in [0.1, 0.15) is 24.4 Å². The lowest BCUT2D eigenvalue weighted by molar-refractivity contribution is 0.413. The van der Waals surface area contributed by atoms with Crippen LogP contribution in [0.3, 0.4) is 0 Å². The zero-order chi connectivity index (χ0) is 11.8. The summed E-state index contributed by atoms with van der Waals surface area (Å²) in [6, 6.07) is 6.59. The van der Waals surface area contributed by atoms with Gasteiger partial charge in [0, 0.05) is 5.56 Å². The fraction of sp³-hybridized carbons (Fsp3) is 0.385. The molecule has 0 radical (unpaired) electrons. The summed E-state index contributed by atoms with van der Waals surface area (Å²) in [6.07, 6.45) is 4.20. The Bertz CT molecular complexity index is 543. The molecule has 0 unspecified atom stereocenters. The first-order valence-electron chi connectivity index (χ1n) is 5.85. The van der Waals surface area contributed by atoms with Crippen molar-refractivity contribution in [2.45, 2.75) is 25.8 Å². The normalized spacial score (nSPS) is 14.9. The number of aryl methyl sites for hydroxylation is 1. The van der Waals surface area contributed by atoms with Gasteiger partial charge >= 0.3 is 0 Å². The number of hydrogen-bond donors (Lipinski definition) is 0. The Morgan fingerprint density at radius 2 is 2.18 bits per heavy atom. The molecule has 0 atom stereocenters. The van der Waals surface area contributed by atoms with E-state index in [1.54, 1.807) is 7.11 Å². The van der Waals surface area contributed by atoms with E-state index in [4.69, 9.17) is 4.74 Å². The van der Waals surface area contributed by atoms with Crippen molar-refractivity contribution < 1.29 is 4.74 Å². The summed E-state index contributed by atoms with van der Waals surface area (Å²) < 4.78 is 5.44. The third kappa shape index (κ3) is 1.79. The summed E-state index contributed by atoms with van der Waals surface area (Å²) in [5, 5.41) is 8.83. The van der Waals surface area contributed by atoms with E-state index in [1.807, 2.05) is 36.1 Å². The molecule has 0 aliphatic heterocycles. The molecule has 1 aromatic heterocycles. The van der Waals surface area contributed by atoms with Crippen LogP contribution in [0.25, 0.3) is 11.3 Å². The van der Waals surface area contributed by atoms with Crippen LogP contribution >= 0.6 is 0 Å². The van der Waals surface area contributed by atoms with Crippen LogP contribution in [0.4, 0.5) is 0 Å². The molecule has 3 rings (SSSR count). The maximum atomic E-state index is 5.44. The summed E-state index contributed by atoms with van der Waals surface area (Å²) in [4.78, 5) is 1.82. The molecule has 17 heavy (non-hydrogen) atoms. The summed E-state index contributed by atoms with van der Waals surface area (Å²) in [5.74, 6) is 0.885. The summed E-state index contributed by atoms with van der Waals surface area (Å²) in [5.41, 5.74) is 3.02. The Morgan fingerprint density at radius 1 is 1.35 bits per heavy atom. The van der Waals surface area contributed by atoms with E-state index in [2.05, 4.69) is 10.2 Å². The van der Waals surface area contributed by atoms with Gasteiger partial charge in [-0.15, -0.1) is 0 Å². The number of aromatic nitrogens is 3. The van der Waals surface area contributed by atoms with Crippen molar-refractivity contribution in [3.63, 3.8) is 0 Å². The minimum absolute atomic E-state index is 0.513. The Kier molecular flexibility index (Phi) is 2.35. The standard InChI is InChI=1S/C13H15N3O/c1-9-4-3-5-11(13(9)17-2)12-8-14-16(15-12)10-6-7-10/h3-5,8,10H,6-7H2,1-2H3. The second-order valence-electron chi connectivity index (χ2n) is 4.44. The Labute approximate surface area is 100 Å². The molecule has 4 nitrogen and oxygen atoms in total. The number of ether oxygens (including phenoxy) is 1. The number of rotatable bonds is 3. The van der Waals surface area contributed by atoms with E-state index in [0.717, 1.165) is 22.6 Å². The molecular weight excluding hydrogens is 214 g/mol. The molecule has 4 heteroatoms. The van der Waals surface area contributed by atoms with Crippen molar-refractivity contribution in [2.24, 2.45) is 0 Å². The minimum atomic E-state index is 0.513. The number of benzene rings is 1. The highest BCUT2D eigenvalue weighted by Crippen LogP contribution is 2.35. The number of methoxy groups -OCH3 is 1. The molecule has 0 spiro atoms. The van der Waals surface area contributed by atoms with Gasteiger partial charge in [-0.25, -0.2) is 0 Å². The molecule has 1 saturated carbocycles. The second-order valence-corrected chi connectivity index (χ2v) is 4.44. The molecule has 88 valence electrons. The molecule has 1 aromatic carbocycles. The van der Waals surface area contributed by atoms with Gasteiger partial charge in [-0.2, -0.15) is 15.0 Å². The average Bonchev–Trinajstić information content (AvgIpc) is 3.07. The average molecular weight is 229 g/mol. The topological polar surface area (TPSA) is 39.9 Å². The smallest absolute Gasteiger partial charge is 0.131 e. The first-order valence-corrected chi connectivity index (χ1v) is 5.85. The molecule has 1 heterocycles. The van der Waals surface area contributed by atoms with E-state index < -0.39 is 0 Å². The quantitative estimate of drug-likeness (QED) is 0.812. The van der Waals surface area contributed by atoms with Gasteiger partial charge in [0.15, 0.2) is 0 Å². The largest absolute Gasteiger partial charge is 0.496 e. The van der Waals surface area contributed by atoms with Gasteiger partial charge in [0.05, 0.1) is 19.3 Å². The van der Waals surface area contributed by atoms with Crippen molar-refractivity contribution in [3.05, 3.63) is 30.0 Å². The molecule has 1 fully saturated rings. The molecule has 1 aliphatic carbocycles. The van der Waals surface area contributed by atoms with E-state index >= 15 is 0 Å². The summed E-state index contributed by atoms with van der Waals surface area (Å²) >= 11 is 0. The fourth-order valence-corrected chi connectivity index (χ4v) is 2.01. The van der Waals surface area contributed by atoms with Crippen LogP contribution in [0, 0.1) is 6.92 Å². The lowest BCUT2D eigenvalue weighted by Gasteiger charge is -2.08. The van der Waals surface area contributed by atoms with E-state index in [1.165, 1.54) is 12.8 Å². The summed E-state index contributed by atoms with van der Waals surface area (Å²) in [6.45, 7) is 2.04. The van der Waals surface area contributed by atoms with Gasteiger partial charge in [-0.05, 0) is 31.4 Å². The first-order chi connectivity index (χ1) is 8.29. The minimum Gasteiger partial charge on any atom is -0.496 e.